The summed E-state index contributed by atoms with van der Waals surface area (Å²) in [6.45, 7) is 3.40. The summed E-state index contributed by atoms with van der Waals surface area (Å²) in [6, 6.07) is 8.29. The third-order valence-corrected chi connectivity index (χ3v) is 3.85. The van der Waals surface area contributed by atoms with Crippen LogP contribution in [0.5, 0.6) is 0 Å². The molecule has 0 aromatic heterocycles. The quantitative estimate of drug-likeness (QED) is 0.846. The summed E-state index contributed by atoms with van der Waals surface area (Å²) in [6.07, 6.45) is 1.35. The standard InChI is InChI=1S/C14H18N2OS/c1-10(14(15)18)8-13(17)16-7-6-11-4-2-3-5-12(11)9-16/h2-5,10H,6-9H2,1H3,(H2,15,18). The predicted octanol–water partition coefficient (Wildman–Crippen LogP) is 1.88. The minimum absolute atomic E-state index is 0.0235. The average Bonchev–Trinajstić information content (AvgIpc) is 2.37. The fourth-order valence-corrected chi connectivity index (χ4v) is 2.28. The van der Waals surface area contributed by atoms with Crippen LogP contribution in [-0.4, -0.2) is 22.3 Å². The molecule has 0 fully saturated rings. The van der Waals surface area contributed by atoms with Crippen molar-refractivity contribution in [2.75, 3.05) is 6.54 Å². The largest absolute Gasteiger partial charge is 0.393 e. The van der Waals surface area contributed by atoms with Crippen LogP contribution in [0.15, 0.2) is 24.3 Å². The van der Waals surface area contributed by atoms with Crippen LogP contribution in [0.4, 0.5) is 0 Å². The van der Waals surface area contributed by atoms with Crippen molar-refractivity contribution in [2.45, 2.75) is 26.3 Å². The summed E-state index contributed by atoms with van der Waals surface area (Å²) in [5.74, 6) is 0.120. The van der Waals surface area contributed by atoms with Crippen LogP contribution in [0, 0.1) is 5.92 Å². The van der Waals surface area contributed by atoms with Crippen LogP contribution >= 0.6 is 12.2 Å². The molecule has 0 radical (unpaired) electrons. The Bertz CT molecular complexity index is 473. The van der Waals surface area contributed by atoms with Crippen LogP contribution in [0.3, 0.4) is 0 Å². The molecule has 3 nitrogen and oxygen atoms in total. The van der Waals surface area contributed by atoms with Gasteiger partial charge in [-0.05, 0) is 17.5 Å². The van der Waals surface area contributed by atoms with Crippen molar-refractivity contribution in [1.29, 1.82) is 0 Å². The van der Waals surface area contributed by atoms with Gasteiger partial charge in [0.2, 0.25) is 5.91 Å². The molecule has 0 saturated carbocycles. The molecule has 0 saturated heterocycles. The molecular weight excluding hydrogens is 244 g/mol. The first-order valence-corrected chi connectivity index (χ1v) is 6.62. The smallest absolute Gasteiger partial charge is 0.223 e. The van der Waals surface area contributed by atoms with Gasteiger partial charge in [-0.2, -0.15) is 0 Å². The molecule has 0 aliphatic carbocycles. The van der Waals surface area contributed by atoms with Crippen LogP contribution in [0.25, 0.3) is 0 Å². The number of carbonyl (C=O) groups excluding carboxylic acids is 1. The molecular formula is C14H18N2OS. The molecule has 2 N–H and O–H groups in total. The number of thiocarbonyl (C=S) groups is 1. The van der Waals surface area contributed by atoms with Crippen molar-refractivity contribution in [2.24, 2.45) is 11.7 Å². The molecule has 1 amide bonds. The van der Waals surface area contributed by atoms with E-state index in [1.165, 1.54) is 11.1 Å². The van der Waals surface area contributed by atoms with Crippen molar-refractivity contribution in [3.8, 4) is 0 Å². The normalized spacial score (nSPS) is 15.9. The molecule has 1 aromatic carbocycles. The number of carbonyl (C=O) groups is 1. The zero-order valence-electron chi connectivity index (χ0n) is 10.6. The van der Waals surface area contributed by atoms with E-state index in [1.807, 2.05) is 24.0 Å². The number of fused-ring (bicyclic) bond motifs is 1. The van der Waals surface area contributed by atoms with Crippen LogP contribution in [0.2, 0.25) is 0 Å². The zero-order valence-corrected chi connectivity index (χ0v) is 11.4. The summed E-state index contributed by atoms with van der Waals surface area (Å²) in [5.41, 5.74) is 8.15. The molecule has 1 aromatic rings. The number of benzene rings is 1. The lowest BCUT2D eigenvalue weighted by Crippen LogP contribution is -2.37. The third-order valence-electron chi connectivity index (χ3n) is 3.45. The second-order valence-electron chi connectivity index (χ2n) is 4.84. The Hall–Kier alpha value is -1.42. The lowest BCUT2D eigenvalue weighted by atomic mass is 9.99. The summed E-state index contributed by atoms with van der Waals surface area (Å²) in [4.78, 5) is 14.5. The Labute approximate surface area is 113 Å². The number of nitrogens with two attached hydrogens (primary N) is 1. The molecule has 2 rings (SSSR count). The van der Waals surface area contributed by atoms with Gasteiger partial charge in [0, 0.05) is 25.4 Å². The fraction of sp³-hybridized carbons (Fsp3) is 0.429. The van der Waals surface area contributed by atoms with Crippen molar-refractivity contribution in [3.05, 3.63) is 35.4 Å². The van der Waals surface area contributed by atoms with Gasteiger partial charge in [-0.15, -0.1) is 0 Å². The summed E-state index contributed by atoms with van der Waals surface area (Å²) >= 11 is 4.91. The van der Waals surface area contributed by atoms with Crippen LogP contribution in [0.1, 0.15) is 24.5 Å². The van der Waals surface area contributed by atoms with E-state index in [-0.39, 0.29) is 11.8 Å². The molecule has 1 aliphatic rings. The Morgan fingerprint density at radius 3 is 2.78 bits per heavy atom. The number of rotatable bonds is 3. The Morgan fingerprint density at radius 2 is 2.11 bits per heavy atom. The second-order valence-corrected chi connectivity index (χ2v) is 5.31. The van der Waals surface area contributed by atoms with Gasteiger partial charge in [0.15, 0.2) is 0 Å². The molecule has 1 unspecified atom stereocenters. The SMILES string of the molecule is CC(CC(=O)N1CCc2ccccc2C1)C(N)=S. The van der Waals surface area contributed by atoms with Crippen molar-refractivity contribution in [3.63, 3.8) is 0 Å². The van der Waals surface area contributed by atoms with E-state index in [0.717, 1.165) is 13.0 Å². The first-order chi connectivity index (χ1) is 8.58. The molecule has 0 spiro atoms. The van der Waals surface area contributed by atoms with E-state index in [1.54, 1.807) is 0 Å². The monoisotopic (exact) mass is 262 g/mol. The van der Waals surface area contributed by atoms with E-state index < -0.39 is 0 Å². The molecule has 1 heterocycles. The maximum absolute atomic E-state index is 12.1. The highest BCUT2D eigenvalue weighted by Crippen LogP contribution is 2.19. The van der Waals surface area contributed by atoms with Gasteiger partial charge in [0.05, 0.1) is 4.99 Å². The minimum Gasteiger partial charge on any atom is -0.393 e. The molecule has 1 aliphatic heterocycles. The Morgan fingerprint density at radius 1 is 1.44 bits per heavy atom. The minimum atomic E-state index is -0.0235. The predicted molar refractivity (Wildman–Crippen MR) is 76.1 cm³/mol. The Kier molecular flexibility index (Phi) is 3.97. The highest BCUT2D eigenvalue weighted by Gasteiger charge is 2.22. The van der Waals surface area contributed by atoms with E-state index >= 15 is 0 Å². The van der Waals surface area contributed by atoms with Gasteiger partial charge < -0.3 is 10.6 Å². The zero-order chi connectivity index (χ0) is 13.1. The number of hydrogen-bond acceptors (Lipinski definition) is 2. The van der Waals surface area contributed by atoms with Gasteiger partial charge >= 0.3 is 0 Å². The highest BCUT2D eigenvalue weighted by atomic mass is 32.1. The molecule has 96 valence electrons. The highest BCUT2D eigenvalue weighted by molar-refractivity contribution is 7.80. The van der Waals surface area contributed by atoms with Crippen molar-refractivity contribution in [1.82, 2.24) is 4.90 Å². The van der Waals surface area contributed by atoms with Gasteiger partial charge in [-0.3, -0.25) is 4.79 Å². The number of hydrogen-bond donors (Lipinski definition) is 1. The fourth-order valence-electron chi connectivity index (χ4n) is 2.20. The number of nitrogens with zero attached hydrogens (tertiary/aromatic N) is 1. The van der Waals surface area contributed by atoms with E-state index in [9.17, 15) is 4.79 Å². The van der Waals surface area contributed by atoms with Crippen molar-refractivity contribution >= 4 is 23.1 Å². The summed E-state index contributed by atoms with van der Waals surface area (Å²) in [5, 5.41) is 0. The molecule has 4 heteroatoms. The van der Waals surface area contributed by atoms with E-state index in [4.69, 9.17) is 18.0 Å². The number of amides is 1. The molecule has 1 atom stereocenters. The maximum atomic E-state index is 12.1. The van der Waals surface area contributed by atoms with Gasteiger partial charge in [-0.1, -0.05) is 43.4 Å². The van der Waals surface area contributed by atoms with E-state index in [2.05, 4.69) is 12.1 Å². The van der Waals surface area contributed by atoms with Crippen LogP contribution < -0.4 is 5.73 Å². The third kappa shape index (κ3) is 2.88. The first-order valence-electron chi connectivity index (χ1n) is 6.22. The van der Waals surface area contributed by atoms with Crippen molar-refractivity contribution < 1.29 is 4.79 Å². The maximum Gasteiger partial charge on any atom is 0.223 e. The lowest BCUT2D eigenvalue weighted by molar-refractivity contribution is -0.132. The Balaban J connectivity index is 2.00. The van der Waals surface area contributed by atoms with Gasteiger partial charge in [-0.25, -0.2) is 0 Å². The first kappa shape index (κ1) is 13.0. The summed E-state index contributed by atoms with van der Waals surface area (Å²) < 4.78 is 0. The average molecular weight is 262 g/mol. The van der Waals surface area contributed by atoms with Gasteiger partial charge in [0.25, 0.3) is 0 Å². The molecule has 0 bridgehead atoms. The summed E-state index contributed by atoms with van der Waals surface area (Å²) in [7, 11) is 0. The lowest BCUT2D eigenvalue weighted by Gasteiger charge is -2.29. The van der Waals surface area contributed by atoms with Gasteiger partial charge in [0.1, 0.15) is 0 Å². The topological polar surface area (TPSA) is 46.3 Å². The van der Waals surface area contributed by atoms with Crippen LogP contribution in [-0.2, 0) is 17.8 Å². The van der Waals surface area contributed by atoms with E-state index in [0.29, 0.717) is 18.0 Å². The second kappa shape index (κ2) is 5.48. The molecule has 18 heavy (non-hydrogen) atoms.